The van der Waals surface area contributed by atoms with Crippen molar-refractivity contribution in [3.05, 3.63) is 11.6 Å². The van der Waals surface area contributed by atoms with Crippen LogP contribution in [-0.2, 0) is 0 Å². The Hall–Kier alpha value is -0.260. The first kappa shape index (κ1) is 19.7. The van der Waals surface area contributed by atoms with E-state index in [0.717, 1.165) is 17.8 Å². The Morgan fingerprint density at radius 2 is 1.20 bits per heavy atom. The fourth-order valence-electron chi connectivity index (χ4n) is 2.85. The number of rotatable bonds is 12. The van der Waals surface area contributed by atoms with Crippen LogP contribution in [0.25, 0.3) is 0 Å². The van der Waals surface area contributed by atoms with Crippen LogP contribution in [0.4, 0.5) is 0 Å². The number of allylic oxidation sites excluding steroid dienone is 2. The Bertz CT molecular complexity index is 236. The molecule has 0 aliphatic carbocycles. The standard InChI is InChI=1S/C20H40/c1-7-18(4)12-9-14-20(6)16-10-15-19(5)13-8-11-17(2)3/h7,17,19-20H,8-16H2,1-6H3/b18-7-/t19-,20+/m1/s1. The van der Waals surface area contributed by atoms with Crippen LogP contribution in [-0.4, -0.2) is 0 Å². The average Bonchev–Trinajstić information content (AvgIpc) is 2.38. The number of hydrogen-bond acceptors (Lipinski definition) is 0. The van der Waals surface area contributed by atoms with Gasteiger partial charge in [0.1, 0.15) is 0 Å². The molecule has 0 aliphatic rings. The molecule has 2 atom stereocenters. The van der Waals surface area contributed by atoms with Crippen molar-refractivity contribution in [2.45, 2.75) is 99.3 Å². The third kappa shape index (κ3) is 12.8. The van der Waals surface area contributed by atoms with E-state index in [-0.39, 0.29) is 0 Å². The molecule has 0 amide bonds. The van der Waals surface area contributed by atoms with Crippen molar-refractivity contribution >= 4 is 0 Å². The third-order valence-electron chi connectivity index (χ3n) is 4.63. The van der Waals surface area contributed by atoms with Gasteiger partial charge in [-0.1, -0.05) is 84.3 Å². The molecule has 0 bridgehead atoms. The predicted molar refractivity (Wildman–Crippen MR) is 94.2 cm³/mol. The minimum Gasteiger partial charge on any atom is -0.0887 e. The summed E-state index contributed by atoms with van der Waals surface area (Å²) >= 11 is 0. The minimum absolute atomic E-state index is 0.878. The summed E-state index contributed by atoms with van der Waals surface area (Å²) in [7, 11) is 0. The van der Waals surface area contributed by atoms with Crippen molar-refractivity contribution in [2.24, 2.45) is 17.8 Å². The quantitative estimate of drug-likeness (QED) is 0.327. The van der Waals surface area contributed by atoms with Gasteiger partial charge >= 0.3 is 0 Å². The summed E-state index contributed by atoms with van der Waals surface area (Å²) in [5.41, 5.74) is 1.55. The average molecular weight is 281 g/mol. The van der Waals surface area contributed by atoms with E-state index in [1.54, 1.807) is 5.57 Å². The summed E-state index contributed by atoms with van der Waals surface area (Å²) in [6.07, 6.45) is 14.9. The van der Waals surface area contributed by atoms with Crippen LogP contribution in [0.15, 0.2) is 11.6 Å². The Morgan fingerprint density at radius 1 is 0.750 bits per heavy atom. The van der Waals surface area contributed by atoms with Crippen molar-refractivity contribution in [1.29, 1.82) is 0 Å². The van der Waals surface area contributed by atoms with Crippen LogP contribution < -0.4 is 0 Å². The summed E-state index contributed by atoms with van der Waals surface area (Å²) in [6, 6.07) is 0. The van der Waals surface area contributed by atoms with Gasteiger partial charge in [0, 0.05) is 0 Å². The summed E-state index contributed by atoms with van der Waals surface area (Å²) in [4.78, 5) is 0. The van der Waals surface area contributed by atoms with Gasteiger partial charge in [-0.2, -0.15) is 0 Å². The maximum Gasteiger partial charge on any atom is -0.0323 e. The molecule has 0 aliphatic heterocycles. The fraction of sp³-hybridized carbons (Fsp3) is 0.900. The highest BCUT2D eigenvalue weighted by molar-refractivity contribution is 4.94. The van der Waals surface area contributed by atoms with Gasteiger partial charge in [0.15, 0.2) is 0 Å². The van der Waals surface area contributed by atoms with Gasteiger partial charge < -0.3 is 0 Å². The molecule has 0 heterocycles. The first-order valence-corrected chi connectivity index (χ1v) is 9.07. The van der Waals surface area contributed by atoms with Gasteiger partial charge in [-0.15, -0.1) is 0 Å². The largest absolute Gasteiger partial charge is 0.0887 e. The van der Waals surface area contributed by atoms with Crippen LogP contribution in [0.2, 0.25) is 0 Å². The lowest BCUT2D eigenvalue weighted by atomic mass is 9.91. The maximum atomic E-state index is 2.44. The normalized spacial score (nSPS) is 15.7. The monoisotopic (exact) mass is 280 g/mol. The van der Waals surface area contributed by atoms with Gasteiger partial charge in [0.05, 0.1) is 0 Å². The Morgan fingerprint density at radius 3 is 1.65 bits per heavy atom. The van der Waals surface area contributed by atoms with Crippen molar-refractivity contribution < 1.29 is 0 Å². The topological polar surface area (TPSA) is 0 Å². The minimum atomic E-state index is 0.878. The van der Waals surface area contributed by atoms with Crippen LogP contribution in [0.5, 0.6) is 0 Å². The molecule has 0 spiro atoms. The van der Waals surface area contributed by atoms with E-state index in [2.05, 4.69) is 47.6 Å². The molecular formula is C20H40. The zero-order valence-corrected chi connectivity index (χ0v) is 15.2. The van der Waals surface area contributed by atoms with E-state index in [0.29, 0.717) is 0 Å². The summed E-state index contributed by atoms with van der Waals surface area (Å²) < 4.78 is 0. The lowest BCUT2D eigenvalue weighted by molar-refractivity contribution is 0.389. The van der Waals surface area contributed by atoms with E-state index in [1.807, 2.05) is 0 Å². The molecule has 20 heavy (non-hydrogen) atoms. The first-order chi connectivity index (χ1) is 9.45. The molecule has 0 nitrogen and oxygen atoms in total. The van der Waals surface area contributed by atoms with Crippen molar-refractivity contribution in [2.75, 3.05) is 0 Å². The Labute approximate surface area is 129 Å². The first-order valence-electron chi connectivity index (χ1n) is 9.07. The van der Waals surface area contributed by atoms with Crippen molar-refractivity contribution in [3.63, 3.8) is 0 Å². The van der Waals surface area contributed by atoms with E-state index in [1.165, 1.54) is 57.8 Å². The number of hydrogen-bond donors (Lipinski definition) is 0. The SMILES string of the molecule is C/C=C(/C)CCC[C@H](C)CCC[C@H](C)CCCC(C)C. The summed E-state index contributed by atoms with van der Waals surface area (Å²) in [5.74, 6) is 2.73. The second-order valence-corrected chi connectivity index (χ2v) is 7.49. The van der Waals surface area contributed by atoms with Crippen molar-refractivity contribution in [3.8, 4) is 0 Å². The van der Waals surface area contributed by atoms with Gasteiger partial charge in [-0.3, -0.25) is 0 Å². The maximum absolute atomic E-state index is 2.44. The third-order valence-corrected chi connectivity index (χ3v) is 4.63. The molecule has 0 unspecified atom stereocenters. The van der Waals surface area contributed by atoms with E-state index < -0.39 is 0 Å². The molecule has 0 saturated carbocycles. The molecule has 0 fully saturated rings. The molecule has 0 saturated heterocycles. The molecule has 0 rings (SSSR count). The lowest BCUT2D eigenvalue weighted by Crippen LogP contribution is -2.00. The summed E-state index contributed by atoms with van der Waals surface area (Å²) in [5, 5.41) is 0. The molecule has 0 aromatic carbocycles. The zero-order valence-electron chi connectivity index (χ0n) is 15.2. The molecule has 120 valence electrons. The molecule has 0 aromatic rings. The lowest BCUT2D eigenvalue weighted by Gasteiger charge is -2.15. The van der Waals surface area contributed by atoms with E-state index >= 15 is 0 Å². The van der Waals surface area contributed by atoms with Crippen molar-refractivity contribution in [1.82, 2.24) is 0 Å². The van der Waals surface area contributed by atoms with E-state index in [4.69, 9.17) is 0 Å². The second kappa shape index (κ2) is 12.5. The van der Waals surface area contributed by atoms with Crippen LogP contribution in [0.3, 0.4) is 0 Å². The Balaban J connectivity index is 3.48. The predicted octanol–water partition coefficient (Wildman–Crippen LogP) is 7.39. The highest BCUT2D eigenvalue weighted by atomic mass is 14.1. The molecular weight excluding hydrogens is 240 g/mol. The highest BCUT2D eigenvalue weighted by Gasteiger charge is 2.06. The van der Waals surface area contributed by atoms with E-state index in [9.17, 15) is 0 Å². The molecule has 0 radical (unpaired) electrons. The van der Waals surface area contributed by atoms with Crippen LogP contribution in [0.1, 0.15) is 99.3 Å². The second-order valence-electron chi connectivity index (χ2n) is 7.49. The Kier molecular flexibility index (Phi) is 12.3. The molecule has 0 aromatic heterocycles. The van der Waals surface area contributed by atoms with Crippen LogP contribution >= 0.6 is 0 Å². The van der Waals surface area contributed by atoms with Gasteiger partial charge in [0.2, 0.25) is 0 Å². The summed E-state index contributed by atoms with van der Waals surface area (Å²) in [6.45, 7) is 14.0. The van der Waals surface area contributed by atoms with Crippen LogP contribution in [0, 0.1) is 17.8 Å². The zero-order chi connectivity index (χ0) is 15.4. The van der Waals surface area contributed by atoms with Gasteiger partial charge in [0.25, 0.3) is 0 Å². The fourth-order valence-corrected chi connectivity index (χ4v) is 2.85. The van der Waals surface area contributed by atoms with Gasteiger partial charge in [-0.25, -0.2) is 0 Å². The molecule has 0 heteroatoms. The molecule has 0 N–H and O–H groups in total. The smallest absolute Gasteiger partial charge is 0.0323 e. The van der Waals surface area contributed by atoms with Gasteiger partial charge in [-0.05, 0) is 44.4 Å². The highest BCUT2D eigenvalue weighted by Crippen LogP contribution is 2.21.